The summed E-state index contributed by atoms with van der Waals surface area (Å²) in [6.45, 7) is 1.94. The fraction of sp³-hybridized carbons (Fsp3) is 0.148. The molecule has 176 valence electrons. The fourth-order valence-corrected chi connectivity index (χ4v) is 4.66. The number of rotatable bonds is 4. The molecule has 1 atom stereocenters. The van der Waals surface area contributed by atoms with Gasteiger partial charge in [0.1, 0.15) is 5.82 Å². The Balaban J connectivity index is 1.71. The van der Waals surface area contributed by atoms with Gasteiger partial charge in [0.05, 0.1) is 23.0 Å². The summed E-state index contributed by atoms with van der Waals surface area (Å²) in [5.74, 6) is -3.00. The highest BCUT2D eigenvalue weighted by Crippen LogP contribution is 2.40. The number of aromatic nitrogens is 2. The number of aryl methyl sites for hydroxylation is 1. The van der Waals surface area contributed by atoms with Gasteiger partial charge in [-0.1, -0.05) is 48.5 Å². The highest BCUT2D eigenvalue weighted by atomic mass is 19.2. The summed E-state index contributed by atoms with van der Waals surface area (Å²) in [7, 11) is 0. The van der Waals surface area contributed by atoms with Crippen LogP contribution >= 0.6 is 0 Å². The van der Waals surface area contributed by atoms with Gasteiger partial charge >= 0.3 is 0 Å². The average molecular weight is 474 g/mol. The molecule has 0 bridgehead atoms. The Hall–Kier alpha value is -4.20. The molecule has 2 N–H and O–H groups in total. The maximum absolute atomic E-state index is 14.8. The lowest BCUT2D eigenvalue weighted by molar-refractivity contribution is 0.0625. The van der Waals surface area contributed by atoms with E-state index < -0.39 is 23.5 Å². The van der Waals surface area contributed by atoms with E-state index in [1.165, 1.54) is 24.3 Å². The highest BCUT2D eigenvalue weighted by molar-refractivity contribution is 5.98. The molecular weight excluding hydrogens is 453 g/mol. The second kappa shape index (κ2) is 8.87. The van der Waals surface area contributed by atoms with E-state index in [2.05, 4.69) is 9.97 Å². The first-order chi connectivity index (χ1) is 16.8. The second-order valence-corrected chi connectivity index (χ2v) is 8.46. The van der Waals surface area contributed by atoms with E-state index in [1.807, 2.05) is 30.3 Å². The molecule has 5 rings (SSSR count). The number of hydrogen-bond donors (Lipinski definition) is 1. The average Bonchev–Trinajstić information content (AvgIpc) is 2.83. The van der Waals surface area contributed by atoms with Crippen LogP contribution in [0.4, 0.5) is 19.1 Å². The Morgan fingerprint density at radius 3 is 2.51 bits per heavy atom. The first kappa shape index (κ1) is 22.6. The molecule has 5 nitrogen and oxygen atoms in total. The van der Waals surface area contributed by atoms with Gasteiger partial charge in [-0.25, -0.2) is 23.1 Å². The first-order valence-electron chi connectivity index (χ1n) is 11.0. The molecule has 2 heterocycles. The highest BCUT2D eigenvalue weighted by Gasteiger charge is 2.37. The lowest BCUT2D eigenvalue weighted by Crippen LogP contribution is -2.41. The number of carbonyl (C=O) groups excluding carboxylic acids is 1. The van der Waals surface area contributed by atoms with E-state index in [0.29, 0.717) is 22.5 Å². The number of hydrogen-bond acceptors (Lipinski definition) is 4. The molecule has 0 aliphatic carbocycles. The zero-order valence-corrected chi connectivity index (χ0v) is 18.8. The number of halogens is 3. The van der Waals surface area contributed by atoms with Crippen LogP contribution < -0.4 is 5.73 Å². The van der Waals surface area contributed by atoms with Crippen molar-refractivity contribution >= 4 is 11.9 Å². The molecule has 1 unspecified atom stereocenters. The van der Waals surface area contributed by atoms with Gasteiger partial charge in [-0.2, -0.15) is 0 Å². The van der Waals surface area contributed by atoms with Crippen LogP contribution in [0.15, 0.2) is 66.7 Å². The molecule has 0 fully saturated rings. The smallest absolute Gasteiger partial charge is 0.258 e. The normalized spacial score (nSPS) is 15.3. The van der Waals surface area contributed by atoms with E-state index in [4.69, 9.17) is 5.73 Å². The van der Waals surface area contributed by atoms with Gasteiger partial charge in [0.15, 0.2) is 11.6 Å². The van der Waals surface area contributed by atoms with Crippen molar-refractivity contribution in [1.29, 1.82) is 0 Å². The van der Waals surface area contributed by atoms with E-state index in [0.717, 1.165) is 17.7 Å². The molecule has 0 radical (unpaired) electrons. The maximum atomic E-state index is 14.8. The predicted octanol–water partition coefficient (Wildman–Crippen LogP) is 5.39. The molecule has 0 saturated heterocycles. The predicted molar refractivity (Wildman–Crippen MR) is 126 cm³/mol. The van der Waals surface area contributed by atoms with Gasteiger partial charge < -0.3 is 10.6 Å². The van der Waals surface area contributed by atoms with Gasteiger partial charge in [-0.05, 0) is 41.8 Å². The maximum Gasteiger partial charge on any atom is 0.258 e. The van der Waals surface area contributed by atoms with E-state index in [-0.39, 0.29) is 35.9 Å². The van der Waals surface area contributed by atoms with E-state index >= 15 is 0 Å². The van der Waals surface area contributed by atoms with Gasteiger partial charge in [0.2, 0.25) is 5.95 Å². The molecule has 0 saturated carbocycles. The number of carbonyl (C=O) groups is 1. The van der Waals surface area contributed by atoms with Crippen molar-refractivity contribution in [3.8, 4) is 11.1 Å². The van der Waals surface area contributed by atoms with Gasteiger partial charge in [-0.15, -0.1) is 0 Å². The largest absolute Gasteiger partial charge is 0.368 e. The van der Waals surface area contributed by atoms with Crippen LogP contribution in [0.25, 0.3) is 11.1 Å². The van der Waals surface area contributed by atoms with Crippen molar-refractivity contribution in [3.63, 3.8) is 0 Å². The summed E-state index contributed by atoms with van der Waals surface area (Å²) in [6, 6.07) is 16.4. The quantitative estimate of drug-likeness (QED) is 0.430. The zero-order valence-electron chi connectivity index (χ0n) is 18.8. The standard InChI is InChI=1S/C27H21F3N4O/c1-15-24-22(33-27(31)32-15)13-23(34(26(24)35)14-16-6-3-2-4-7-16)18-11-10-17(28)12-20(18)19-8-5-9-21(29)25(19)30/h2-12,23H,13-14H2,1H3,(H2,31,32,33). The Morgan fingerprint density at radius 1 is 0.971 bits per heavy atom. The SMILES string of the molecule is Cc1nc(N)nc2c1C(=O)N(Cc1ccccc1)C(c1ccc(F)cc1-c1cccc(F)c1F)C2. The lowest BCUT2D eigenvalue weighted by atomic mass is 9.87. The van der Waals surface area contributed by atoms with E-state index in [1.54, 1.807) is 11.8 Å². The molecule has 1 aliphatic rings. The number of amides is 1. The summed E-state index contributed by atoms with van der Waals surface area (Å²) in [5, 5.41) is 0. The Bertz CT molecular complexity index is 1440. The number of anilines is 1. The van der Waals surface area contributed by atoms with E-state index in [9.17, 15) is 18.0 Å². The Kier molecular flexibility index (Phi) is 5.72. The number of benzene rings is 3. The molecule has 4 aromatic rings. The molecular formula is C27H21F3N4O. The van der Waals surface area contributed by atoms with Crippen LogP contribution in [-0.2, 0) is 13.0 Å². The number of nitrogens with two attached hydrogens (primary N) is 1. The van der Waals surface area contributed by atoms with Crippen LogP contribution in [0.1, 0.15) is 38.9 Å². The molecule has 35 heavy (non-hydrogen) atoms. The van der Waals surface area contributed by atoms with Crippen molar-refractivity contribution in [2.45, 2.75) is 25.9 Å². The van der Waals surface area contributed by atoms with Gasteiger partial charge in [0, 0.05) is 18.5 Å². The first-order valence-corrected chi connectivity index (χ1v) is 11.0. The molecule has 0 spiro atoms. The molecule has 1 amide bonds. The number of nitrogen functional groups attached to an aromatic ring is 1. The van der Waals surface area contributed by atoms with Gasteiger partial charge in [0.25, 0.3) is 5.91 Å². The van der Waals surface area contributed by atoms with Crippen LogP contribution in [-0.4, -0.2) is 20.8 Å². The number of nitrogens with zero attached hydrogens (tertiary/aromatic N) is 3. The summed E-state index contributed by atoms with van der Waals surface area (Å²) in [6.07, 6.45) is 0.247. The summed E-state index contributed by atoms with van der Waals surface area (Å²) in [4.78, 5) is 23.9. The Labute approximate surface area is 200 Å². The third kappa shape index (κ3) is 4.12. The second-order valence-electron chi connectivity index (χ2n) is 8.46. The minimum absolute atomic E-state index is 0.0415. The monoisotopic (exact) mass is 474 g/mol. The molecule has 1 aromatic heterocycles. The van der Waals surface area contributed by atoms with Crippen molar-refractivity contribution in [2.24, 2.45) is 0 Å². The third-order valence-corrected chi connectivity index (χ3v) is 6.23. The van der Waals surface area contributed by atoms with Crippen LogP contribution in [0.5, 0.6) is 0 Å². The summed E-state index contributed by atoms with van der Waals surface area (Å²) < 4.78 is 43.3. The molecule has 3 aromatic carbocycles. The van der Waals surface area contributed by atoms with Gasteiger partial charge in [-0.3, -0.25) is 4.79 Å². The minimum Gasteiger partial charge on any atom is -0.368 e. The number of fused-ring (bicyclic) bond motifs is 1. The fourth-order valence-electron chi connectivity index (χ4n) is 4.66. The zero-order chi connectivity index (χ0) is 24.7. The molecule has 8 heteroatoms. The third-order valence-electron chi connectivity index (χ3n) is 6.23. The topological polar surface area (TPSA) is 72.1 Å². The lowest BCUT2D eigenvalue weighted by Gasteiger charge is -2.38. The van der Waals surface area contributed by atoms with Crippen LogP contribution in [0.2, 0.25) is 0 Å². The van der Waals surface area contributed by atoms with Crippen molar-refractivity contribution < 1.29 is 18.0 Å². The summed E-state index contributed by atoms with van der Waals surface area (Å²) >= 11 is 0. The minimum atomic E-state index is -1.08. The van der Waals surface area contributed by atoms with Crippen molar-refractivity contribution in [2.75, 3.05) is 5.73 Å². The van der Waals surface area contributed by atoms with Crippen molar-refractivity contribution in [1.82, 2.24) is 14.9 Å². The van der Waals surface area contributed by atoms with Crippen LogP contribution in [0, 0.1) is 24.4 Å². The van der Waals surface area contributed by atoms with Crippen LogP contribution in [0.3, 0.4) is 0 Å². The van der Waals surface area contributed by atoms with Crippen molar-refractivity contribution in [3.05, 3.63) is 112 Å². The Morgan fingerprint density at radius 2 is 1.74 bits per heavy atom. The molecule has 1 aliphatic heterocycles. The summed E-state index contributed by atoms with van der Waals surface area (Å²) in [5.41, 5.74) is 8.58.